The Morgan fingerprint density at radius 1 is 0.821 bits per heavy atom. The van der Waals surface area contributed by atoms with Crippen molar-refractivity contribution in [1.82, 2.24) is 4.90 Å². The van der Waals surface area contributed by atoms with Gasteiger partial charge in [0.2, 0.25) is 0 Å². The molecular weight excluding hydrogens is 344 g/mol. The molecule has 0 aliphatic carbocycles. The Kier molecular flexibility index (Phi) is 7.65. The average Bonchev–Trinajstić information content (AvgIpc) is 2.77. The lowest BCUT2D eigenvalue weighted by Gasteiger charge is -2.28. The van der Waals surface area contributed by atoms with Gasteiger partial charge in [0.15, 0.2) is 0 Å². The van der Waals surface area contributed by atoms with E-state index in [0.717, 1.165) is 31.8 Å². The second-order valence-electron chi connectivity index (χ2n) is 7.10. The summed E-state index contributed by atoms with van der Waals surface area (Å²) in [7, 11) is 1.70. The van der Waals surface area contributed by atoms with Crippen molar-refractivity contribution >= 4 is 0 Å². The third kappa shape index (κ3) is 5.69. The van der Waals surface area contributed by atoms with Crippen molar-refractivity contribution in [2.24, 2.45) is 5.73 Å². The highest BCUT2D eigenvalue weighted by atomic mass is 16.5. The molecule has 0 radical (unpaired) electrons. The monoisotopic (exact) mass is 374 g/mol. The summed E-state index contributed by atoms with van der Waals surface area (Å²) in [4.78, 5) is 2.51. The second kappa shape index (κ2) is 10.6. The standard InChI is InChI=1S/C25H30N2O/c1-28-24-15-13-21(14-16-24)19-27(18-8-17-26)20-25(22-9-4-2-5-10-22)23-11-6-3-7-12-23/h2-7,9-16,25H,8,17-20,26H2,1H3. The molecule has 0 bridgehead atoms. The molecule has 3 aromatic carbocycles. The van der Waals surface area contributed by atoms with E-state index in [0.29, 0.717) is 12.5 Å². The number of nitrogens with two attached hydrogens (primary N) is 1. The first kappa shape index (κ1) is 20.1. The van der Waals surface area contributed by atoms with Gasteiger partial charge in [0.05, 0.1) is 7.11 Å². The van der Waals surface area contributed by atoms with Gasteiger partial charge < -0.3 is 10.5 Å². The molecule has 2 N–H and O–H groups in total. The van der Waals surface area contributed by atoms with Gasteiger partial charge >= 0.3 is 0 Å². The van der Waals surface area contributed by atoms with Crippen LogP contribution in [0.25, 0.3) is 0 Å². The molecule has 28 heavy (non-hydrogen) atoms. The Hall–Kier alpha value is -2.62. The SMILES string of the molecule is COc1ccc(CN(CCCN)CC(c2ccccc2)c2ccccc2)cc1. The van der Waals surface area contributed by atoms with E-state index in [4.69, 9.17) is 10.5 Å². The first-order valence-electron chi connectivity index (χ1n) is 9.95. The maximum absolute atomic E-state index is 5.82. The fraction of sp³-hybridized carbons (Fsp3) is 0.280. The Bertz CT molecular complexity index is 763. The fourth-order valence-corrected chi connectivity index (χ4v) is 3.57. The predicted molar refractivity (Wildman–Crippen MR) is 117 cm³/mol. The van der Waals surface area contributed by atoms with E-state index in [1.165, 1.54) is 16.7 Å². The molecule has 0 aliphatic heterocycles. The minimum Gasteiger partial charge on any atom is -0.497 e. The Balaban J connectivity index is 1.82. The predicted octanol–water partition coefficient (Wildman–Crippen LogP) is 4.68. The van der Waals surface area contributed by atoms with E-state index >= 15 is 0 Å². The lowest BCUT2D eigenvalue weighted by Crippen LogP contribution is -2.31. The van der Waals surface area contributed by atoms with Crippen LogP contribution in [0.4, 0.5) is 0 Å². The number of ether oxygens (including phenoxy) is 1. The van der Waals surface area contributed by atoms with Gasteiger partial charge in [0, 0.05) is 19.0 Å². The van der Waals surface area contributed by atoms with Crippen molar-refractivity contribution in [2.75, 3.05) is 26.7 Å². The van der Waals surface area contributed by atoms with Gasteiger partial charge in [0.25, 0.3) is 0 Å². The highest BCUT2D eigenvalue weighted by molar-refractivity contribution is 5.33. The van der Waals surface area contributed by atoms with E-state index < -0.39 is 0 Å². The quantitative estimate of drug-likeness (QED) is 0.560. The molecule has 3 aromatic rings. The van der Waals surface area contributed by atoms with Crippen LogP contribution >= 0.6 is 0 Å². The topological polar surface area (TPSA) is 38.5 Å². The normalized spacial score (nSPS) is 11.1. The Morgan fingerprint density at radius 3 is 1.89 bits per heavy atom. The molecule has 3 nitrogen and oxygen atoms in total. The van der Waals surface area contributed by atoms with Gasteiger partial charge in [-0.05, 0) is 48.3 Å². The molecular formula is C25H30N2O. The zero-order valence-corrected chi connectivity index (χ0v) is 16.6. The van der Waals surface area contributed by atoms with Crippen molar-refractivity contribution < 1.29 is 4.74 Å². The van der Waals surface area contributed by atoms with Gasteiger partial charge in [-0.25, -0.2) is 0 Å². The summed E-state index contributed by atoms with van der Waals surface area (Å²) in [6, 6.07) is 29.9. The van der Waals surface area contributed by atoms with Crippen LogP contribution in [0.3, 0.4) is 0 Å². The minimum atomic E-state index is 0.332. The molecule has 3 rings (SSSR count). The Labute approximate surface area is 168 Å². The summed E-state index contributed by atoms with van der Waals surface area (Å²) < 4.78 is 5.29. The first-order chi connectivity index (χ1) is 13.8. The highest BCUT2D eigenvalue weighted by Crippen LogP contribution is 2.26. The van der Waals surface area contributed by atoms with Crippen molar-refractivity contribution in [3.63, 3.8) is 0 Å². The van der Waals surface area contributed by atoms with Crippen molar-refractivity contribution in [3.8, 4) is 5.75 Å². The van der Waals surface area contributed by atoms with E-state index in [2.05, 4.69) is 77.7 Å². The van der Waals surface area contributed by atoms with Crippen molar-refractivity contribution in [3.05, 3.63) is 102 Å². The van der Waals surface area contributed by atoms with Crippen LogP contribution in [0.2, 0.25) is 0 Å². The van der Waals surface area contributed by atoms with Crippen LogP contribution in [0, 0.1) is 0 Å². The van der Waals surface area contributed by atoms with Crippen LogP contribution in [0.5, 0.6) is 5.75 Å². The van der Waals surface area contributed by atoms with Gasteiger partial charge in [-0.3, -0.25) is 4.90 Å². The highest BCUT2D eigenvalue weighted by Gasteiger charge is 2.18. The molecule has 0 saturated heterocycles. The maximum Gasteiger partial charge on any atom is 0.118 e. The second-order valence-corrected chi connectivity index (χ2v) is 7.10. The summed E-state index contributed by atoms with van der Waals surface area (Å²) in [5.41, 5.74) is 9.80. The van der Waals surface area contributed by atoms with E-state index in [1.807, 2.05) is 12.1 Å². The summed E-state index contributed by atoms with van der Waals surface area (Å²) in [5, 5.41) is 0. The van der Waals surface area contributed by atoms with E-state index in [1.54, 1.807) is 7.11 Å². The van der Waals surface area contributed by atoms with E-state index in [9.17, 15) is 0 Å². The molecule has 0 spiro atoms. The van der Waals surface area contributed by atoms with Crippen LogP contribution in [-0.2, 0) is 6.54 Å². The zero-order valence-electron chi connectivity index (χ0n) is 16.6. The molecule has 0 fully saturated rings. The third-order valence-electron chi connectivity index (χ3n) is 5.09. The molecule has 0 saturated carbocycles. The molecule has 146 valence electrons. The largest absolute Gasteiger partial charge is 0.497 e. The maximum atomic E-state index is 5.82. The Morgan fingerprint density at radius 2 is 1.39 bits per heavy atom. The molecule has 3 heteroatoms. The molecule has 0 aromatic heterocycles. The number of methoxy groups -OCH3 is 1. The summed E-state index contributed by atoms with van der Waals surface area (Å²) >= 11 is 0. The van der Waals surface area contributed by atoms with Crippen LogP contribution in [0.15, 0.2) is 84.9 Å². The van der Waals surface area contributed by atoms with Crippen molar-refractivity contribution in [1.29, 1.82) is 0 Å². The third-order valence-corrected chi connectivity index (χ3v) is 5.09. The van der Waals surface area contributed by atoms with E-state index in [-0.39, 0.29) is 0 Å². The average molecular weight is 375 g/mol. The summed E-state index contributed by atoms with van der Waals surface area (Å²) in [6.45, 7) is 3.55. The first-order valence-corrected chi connectivity index (χ1v) is 9.95. The molecule has 0 aliphatic rings. The molecule has 0 atom stereocenters. The minimum absolute atomic E-state index is 0.332. The van der Waals surface area contributed by atoms with Gasteiger partial charge in [0.1, 0.15) is 5.75 Å². The van der Waals surface area contributed by atoms with Crippen LogP contribution < -0.4 is 10.5 Å². The number of hydrogen-bond donors (Lipinski definition) is 1. The van der Waals surface area contributed by atoms with Crippen molar-refractivity contribution in [2.45, 2.75) is 18.9 Å². The number of benzene rings is 3. The van der Waals surface area contributed by atoms with Gasteiger partial charge in [-0.15, -0.1) is 0 Å². The molecule has 0 heterocycles. The zero-order chi connectivity index (χ0) is 19.6. The fourth-order valence-electron chi connectivity index (χ4n) is 3.57. The van der Waals surface area contributed by atoms with Crippen LogP contribution in [-0.4, -0.2) is 31.6 Å². The number of nitrogens with zero attached hydrogens (tertiary/aromatic N) is 1. The van der Waals surface area contributed by atoms with Gasteiger partial charge in [-0.2, -0.15) is 0 Å². The van der Waals surface area contributed by atoms with Crippen LogP contribution in [0.1, 0.15) is 29.0 Å². The lowest BCUT2D eigenvalue weighted by molar-refractivity contribution is 0.255. The lowest BCUT2D eigenvalue weighted by atomic mass is 9.90. The summed E-state index contributed by atoms with van der Waals surface area (Å²) in [6.07, 6.45) is 0.993. The van der Waals surface area contributed by atoms with Gasteiger partial charge in [-0.1, -0.05) is 72.8 Å². The summed E-state index contributed by atoms with van der Waals surface area (Å²) in [5.74, 6) is 1.22. The molecule has 0 unspecified atom stereocenters. The molecule has 0 amide bonds. The number of hydrogen-bond acceptors (Lipinski definition) is 3. The number of rotatable bonds is 10. The smallest absolute Gasteiger partial charge is 0.118 e.